The molecule has 4 aromatic rings. The topological polar surface area (TPSA) is 85.4 Å². The Morgan fingerprint density at radius 1 is 0.800 bits per heavy atom. The van der Waals surface area contributed by atoms with E-state index in [1.165, 1.54) is 0 Å². The van der Waals surface area contributed by atoms with Crippen LogP contribution >= 0.6 is 0 Å². The van der Waals surface area contributed by atoms with Gasteiger partial charge in [-0.2, -0.15) is 0 Å². The van der Waals surface area contributed by atoms with Crippen LogP contribution in [0.4, 0.5) is 17.2 Å². The first-order valence-electron chi connectivity index (χ1n) is 9.29. The predicted molar refractivity (Wildman–Crippen MR) is 117 cm³/mol. The van der Waals surface area contributed by atoms with Gasteiger partial charge in [0.15, 0.2) is 0 Å². The minimum absolute atomic E-state index is 0.0499. The van der Waals surface area contributed by atoms with Gasteiger partial charge in [-0.3, -0.25) is 4.79 Å². The summed E-state index contributed by atoms with van der Waals surface area (Å²) in [6.45, 7) is 0. The maximum atomic E-state index is 12.9. The van der Waals surface area contributed by atoms with E-state index in [-0.39, 0.29) is 5.82 Å². The molecule has 1 aromatic heterocycles. The summed E-state index contributed by atoms with van der Waals surface area (Å²) in [6.07, 6.45) is 0. The van der Waals surface area contributed by atoms with Gasteiger partial charge in [-0.15, -0.1) is 0 Å². The fraction of sp³-hybridized carbons (Fsp3) is 0.0870. The van der Waals surface area contributed by atoms with Crippen LogP contribution < -0.4 is 20.1 Å². The second kappa shape index (κ2) is 8.48. The highest BCUT2D eigenvalue weighted by Crippen LogP contribution is 2.27. The zero-order chi connectivity index (χ0) is 20.9. The summed E-state index contributed by atoms with van der Waals surface area (Å²) in [6, 6.07) is 22.3. The molecule has 2 N–H and O–H groups in total. The Labute approximate surface area is 173 Å². The van der Waals surface area contributed by atoms with E-state index < -0.39 is 5.91 Å². The minimum Gasteiger partial charge on any atom is -0.497 e. The number of amides is 1. The molecule has 0 bridgehead atoms. The number of aromatic nitrogens is 2. The van der Waals surface area contributed by atoms with E-state index in [4.69, 9.17) is 9.47 Å². The molecule has 1 heterocycles. The Morgan fingerprint density at radius 3 is 2.17 bits per heavy atom. The van der Waals surface area contributed by atoms with E-state index in [2.05, 4.69) is 20.6 Å². The highest BCUT2D eigenvalue weighted by Gasteiger charge is 2.15. The van der Waals surface area contributed by atoms with Gasteiger partial charge in [-0.25, -0.2) is 9.97 Å². The van der Waals surface area contributed by atoms with Crippen molar-refractivity contribution in [2.75, 3.05) is 24.9 Å². The Balaban J connectivity index is 1.69. The lowest BCUT2D eigenvalue weighted by molar-refractivity contribution is 0.101. The van der Waals surface area contributed by atoms with Crippen molar-refractivity contribution >= 4 is 34.0 Å². The Bertz CT molecular complexity index is 1170. The number of fused-ring (bicyclic) bond motifs is 1. The molecule has 1 amide bonds. The van der Waals surface area contributed by atoms with Crippen molar-refractivity contribution in [3.05, 3.63) is 78.6 Å². The van der Waals surface area contributed by atoms with Crippen molar-refractivity contribution in [1.29, 1.82) is 0 Å². The molecule has 0 aliphatic rings. The fourth-order valence-electron chi connectivity index (χ4n) is 3.00. The summed E-state index contributed by atoms with van der Waals surface area (Å²) < 4.78 is 10.5. The molecule has 150 valence electrons. The second-order valence-corrected chi connectivity index (χ2v) is 6.46. The van der Waals surface area contributed by atoms with Crippen LogP contribution in [0.3, 0.4) is 0 Å². The van der Waals surface area contributed by atoms with Crippen molar-refractivity contribution in [2.24, 2.45) is 0 Å². The van der Waals surface area contributed by atoms with Crippen LogP contribution in [-0.2, 0) is 0 Å². The molecule has 30 heavy (non-hydrogen) atoms. The number of nitrogens with zero attached hydrogens (tertiary/aromatic N) is 2. The molecule has 0 saturated heterocycles. The molecule has 0 aliphatic heterocycles. The largest absolute Gasteiger partial charge is 0.497 e. The summed E-state index contributed by atoms with van der Waals surface area (Å²) in [5, 5.41) is 6.90. The van der Waals surface area contributed by atoms with Gasteiger partial charge in [0.2, 0.25) is 5.82 Å². The molecule has 7 nitrogen and oxygen atoms in total. The number of hydrogen-bond acceptors (Lipinski definition) is 6. The van der Waals surface area contributed by atoms with Crippen molar-refractivity contribution < 1.29 is 14.3 Å². The number of ether oxygens (including phenoxy) is 2. The number of anilines is 3. The summed E-state index contributed by atoms with van der Waals surface area (Å²) in [4.78, 5) is 21.8. The van der Waals surface area contributed by atoms with Crippen LogP contribution in [0.2, 0.25) is 0 Å². The highest BCUT2D eigenvalue weighted by molar-refractivity contribution is 6.04. The summed E-state index contributed by atoms with van der Waals surface area (Å²) >= 11 is 0. The lowest BCUT2D eigenvalue weighted by atomic mass is 10.2. The number of benzene rings is 3. The molecule has 0 spiro atoms. The lowest BCUT2D eigenvalue weighted by Gasteiger charge is -2.12. The van der Waals surface area contributed by atoms with Gasteiger partial charge in [0, 0.05) is 35.0 Å². The summed E-state index contributed by atoms with van der Waals surface area (Å²) in [5.74, 6) is 1.30. The Kier molecular flexibility index (Phi) is 5.43. The Hall–Kier alpha value is -4.13. The molecule has 0 aliphatic carbocycles. The van der Waals surface area contributed by atoms with Gasteiger partial charge in [0.1, 0.15) is 17.3 Å². The van der Waals surface area contributed by atoms with Crippen LogP contribution in [0.25, 0.3) is 10.9 Å². The van der Waals surface area contributed by atoms with Crippen LogP contribution in [0.5, 0.6) is 11.5 Å². The van der Waals surface area contributed by atoms with Crippen LogP contribution in [0.15, 0.2) is 72.8 Å². The van der Waals surface area contributed by atoms with Gasteiger partial charge in [0.25, 0.3) is 5.91 Å². The zero-order valence-corrected chi connectivity index (χ0v) is 16.5. The van der Waals surface area contributed by atoms with E-state index in [1.54, 1.807) is 32.4 Å². The van der Waals surface area contributed by atoms with Gasteiger partial charge in [-0.1, -0.05) is 30.3 Å². The molecular formula is C23H20N4O3. The molecule has 3 aromatic carbocycles. The third-order valence-corrected chi connectivity index (χ3v) is 4.45. The van der Waals surface area contributed by atoms with Crippen molar-refractivity contribution in [3.63, 3.8) is 0 Å². The SMILES string of the molecule is COc1cc(NC(=O)c2nc(Nc3ccccc3)c3ccccc3n2)cc(OC)c1. The molecule has 0 unspecified atom stereocenters. The van der Waals surface area contributed by atoms with Gasteiger partial charge >= 0.3 is 0 Å². The molecule has 0 fully saturated rings. The third kappa shape index (κ3) is 4.15. The molecule has 0 radical (unpaired) electrons. The number of rotatable bonds is 6. The van der Waals surface area contributed by atoms with Crippen LogP contribution in [0, 0.1) is 0 Å². The first-order chi connectivity index (χ1) is 14.7. The maximum absolute atomic E-state index is 12.9. The molecular weight excluding hydrogens is 380 g/mol. The van der Waals surface area contributed by atoms with E-state index in [9.17, 15) is 4.79 Å². The maximum Gasteiger partial charge on any atom is 0.293 e. The standard InChI is InChI=1S/C23H20N4O3/c1-29-17-12-16(13-18(14-17)30-2)25-23(28)22-26-20-11-7-6-10-19(20)21(27-22)24-15-8-4-3-5-9-15/h3-14H,1-2H3,(H,25,28)(H,24,26,27). The smallest absolute Gasteiger partial charge is 0.293 e. The number of nitrogens with one attached hydrogen (secondary N) is 2. The van der Waals surface area contributed by atoms with Gasteiger partial charge < -0.3 is 20.1 Å². The average molecular weight is 400 g/mol. The van der Waals surface area contributed by atoms with Gasteiger partial charge in [-0.05, 0) is 24.3 Å². The number of carbonyl (C=O) groups is 1. The van der Waals surface area contributed by atoms with E-state index in [0.29, 0.717) is 28.5 Å². The number of hydrogen-bond donors (Lipinski definition) is 2. The first-order valence-corrected chi connectivity index (χ1v) is 9.29. The van der Waals surface area contributed by atoms with E-state index >= 15 is 0 Å². The molecule has 7 heteroatoms. The number of methoxy groups -OCH3 is 2. The van der Waals surface area contributed by atoms with E-state index in [1.807, 2.05) is 54.6 Å². The predicted octanol–water partition coefficient (Wildman–Crippen LogP) is 4.64. The van der Waals surface area contributed by atoms with Crippen LogP contribution in [-0.4, -0.2) is 30.1 Å². The number of para-hydroxylation sites is 2. The highest BCUT2D eigenvalue weighted by atomic mass is 16.5. The second-order valence-electron chi connectivity index (χ2n) is 6.46. The lowest BCUT2D eigenvalue weighted by Crippen LogP contribution is -2.16. The summed E-state index contributed by atoms with van der Waals surface area (Å²) in [5.41, 5.74) is 2.05. The van der Waals surface area contributed by atoms with Crippen molar-refractivity contribution in [2.45, 2.75) is 0 Å². The van der Waals surface area contributed by atoms with Crippen molar-refractivity contribution in [1.82, 2.24) is 9.97 Å². The molecule has 4 rings (SSSR count). The fourth-order valence-corrected chi connectivity index (χ4v) is 3.00. The summed E-state index contributed by atoms with van der Waals surface area (Å²) in [7, 11) is 3.10. The average Bonchev–Trinajstić information content (AvgIpc) is 2.79. The van der Waals surface area contributed by atoms with Crippen molar-refractivity contribution in [3.8, 4) is 11.5 Å². The van der Waals surface area contributed by atoms with Gasteiger partial charge in [0.05, 0.1) is 19.7 Å². The van der Waals surface area contributed by atoms with Crippen LogP contribution in [0.1, 0.15) is 10.6 Å². The van der Waals surface area contributed by atoms with E-state index in [0.717, 1.165) is 11.1 Å². The zero-order valence-electron chi connectivity index (χ0n) is 16.5. The Morgan fingerprint density at radius 2 is 1.47 bits per heavy atom. The first kappa shape index (κ1) is 19.2. The number of carbonyl (C=O) groups excluding carboxylic acids is 1. The quantitative estimate of drug-likeness (QED) is 0.490. The monoisotopic (exact) mass is 400 g/mol. The molecule has 0 atom stereocenters. The minimum atomic E-state index is -0.438. The molecule has 0 saturated carbocycles. The third-order valence-electron chi connectivity index (χ3n) is 4.45. The normalized spacial score (nSPS) is 10.5.